The van der Waals surface area contributed by atoms with Gasteiger partial charge in [-0.15, -0.1) is 0 Å². The van der Waals surface area contributed by atoms with Gasteiger partial charge in [0.15, 0.2) is 0 Å². The largest absolute Gasteiger partial charge is 0.507 e. The van der Waals surface area contributed by atoms with E-state index in [4.69, 9.17) is 4.74 Å². The van der Waals surface area contributed by atoms with Gasteiger partial charge in [0.05, 0.1) is 6.26 Å². The third-order valence-electron chi connectivity index (χ3n) is 4.48. The molecule has 0 amide bonds. The Kier molecular flexibility index (Phi) is 7.94. The second-order valence-electron chi connectivity index (χ2n) is 6.06. The highest BCUT2D eigenvalue weighted by Gasteiger charge is 2.23. The Labute approximate surface area is 141 Å². The predicted molar refractivity (Wildman–Crippen MR) is 99.3 cm³/mol. The average molecular weight is 316 g/mol. The molecule has 0 fully saturated rings. The van der Waals surface area contributed by atoms with Gasteiger partial charge in [0.25, 0.3) is 0 Å². The van der Waals surface area contributed by atoms with Crippen molar-refractivity contribution in [1.29, 1.82) is 0 Å². The van der Waals surface area contributed by atoms with Gasteiger partial charge < -0.3 is 9.84 Å². The Morgan fingerprint density at radius 3 is 2.65 bits per heavy atom. The third-order valence-corrected chi connectivity index (χ3v) is 4.48. The second kappa shape index (κ2) is 9.44. The first kappa shape index (κ1) is 19.3. The number of phenolic OH excluding ortho intramolecular Hbond substituents is 1. The van der Waals surface area contributed by atoms with Crippen LogP contribution in [0.3, 0.4) is 0 Å². The number of benzene rings is 1. The van der Waals surface area contributed by atoms with Gasteiger partial charge in [0.1, 0.15) is 11.5 Å². The van der Waals surface area contributed by atoms with E-state index in [1.54, 1.807) is 0 Å². The topological polar surface area (TPSA) is 29.5 Å². The van der Waals surface area contributed by atoms with E-state index in [1.165, 1.54) is 11.8 Å². The minimum Gasteiger partial charge on any atom is -0.507 e. The summed E-state index contributed by atoms with van der Waals surface area (Å²) in [5.74, 6) is 1.73. The van der Waals surface area contributed by atoms with Gasteiger partial charge in [0.2, 0.25) is 0 Å². The van der Waals surface area contributed by atoms with Gasteiger partial charge in [-0.1, -0.05) is 45.9 Å². The maximum Gasteiger partial charge on any atom is 0.134 e. The number of phenols is 1. The molecule has 2 rings (SSSR count). The van der Waals surface area contributed by atoms with Crippen LogP contribution in [0.1, 0.15) is 83.3 Å². The van der Waals surface area contributed by atoms with E-state index in [0.29, 0.717) is 11.7 Å². The summed E-state index contributed by atoms with van der Waals surface area (Å²) in [7, 11) is 0. The lowest BCUT2D eigenvalue weighted by atomic mass is 9.84. The van der Waals surface area contributed by atoms with Crippen LogP contribution in [0.5, 0.6) is 11.5 Å². The van der Waals surface area contributed by atoms with Crippen molar-refractivity contribution in [2.45, 2.75) is 72.1 Å². The van der Waals surface area contributed by atoms with Crippen LogP contribution in [0.2, 0.25) is 0 Å². The van der Waals surface area contributed by atoms with Gasteiger partial charge in [-0.2, -0.15) is 0 Å². The Morgan fingerprint density at radius 2 is 2.09 bits per heavy atom. The molecule has 0 saturated heterocycles. The van der Waals surface area contributed by atoms with Crippen molar-refractivity contribution in [2.75, 3.05) is 0 Å². The molecule has 0 aliphatic heterocycles. The Balaban J connectivity index is 0.00000127. The first-order valence-corrected chi connectivity index (χ1v) is 8.88. The normalized spacial score (nSPS) is 18.3. The standard InChI is InChI=1S/C19H26O2.C2H6/c1-5-14(4)16-11-17(20)19(18(12-16)21-6-2)15-9-7-8-13(3)10-15;1-2/h6,10-12,14-15,20H,2,5,7-9H2,1,3-4H3;1-2H3. The van der Waals surface area contributed by atoms with E-state index in [0.717, 1.165) is 42.6 Å². The van der Waals surface area contributed by atoms with Crippen LogP contribution in [-0.2, 0) is 0 Å². The lowest BCUT2D eigenvalue weighted by molar-refractivity contribution is 0.431. The molecule has 0 radical (unpaired) electrons. The van der Waals surface area contributed by atoms with E-state index in [1.807, 2.05) is 19.9 Å². The van der Waals surface area contributed by atoms with Crippen molar-refractivity contribution in [3.05, 3.63) is 47.7 Å². The summed E-state index contributed by atoms with van der Waals surface area (Å²) >= 11 is 0. The zero-order valence-electron chi connectivity index (χ0n) is 15.4. The number of hydrogen-bond donors (Lipinski definition) is 1. The Bertz CT molecular complexity index is 543. The smallest absolute Gasteiger partial charge is 0.134 e. The zero-order valence-corrected chi connectivity index (χ0v) is 15.4. The molecule has 0 aromatic heterocycles. The summed E-state index contributed by atoms with van der Waals surface area (Å²) < 4.78 is 5.62. The first-order chi connectivity index (χ1) is 11.1. The van der Waals surface area contributed by atoms with E-state index >= 15 is 0 Å². The predicted octanol–water partition coefficient (Wildman–Crippen LogP) is 6.67. The highest BCUT2D eigenvalue weighted by molar-refractivity contribution is 5.52. The van der Waals surface area contributed by atoms with Gasteiger partial charge in [-0.3, -0.25) is 0 Å². The highest BCUT2D eigenvalue weighted by Crippen LogP contribution is 2.43. The monoisotopic (exact) mass is 316 g/mol. The van der Waals surface area contributed by atoms with Crippen LogP contribution in [0.25, 0.3) is 0 Å². The molecule has 2 unspecified atom stereocenters. The number of rotatable bonds is 5. The van der Waals surface area contributed by atoms with Crippen LogP contribution in [0.4, 0.5) is 0 Å². The van der Waals surface area contributed by atoms with Crippen LogP contribution in [0.15, 0.2) is 36.6 Å². The molecule has 1 aromatic rings. The molecule has 2 heteroatoms. The summed E-state index contributed by atoms with van der Waals surface area (Å²) in [5.41, 5.74) is 3.41. The van der Waals surface area contributed by atoms with Crippen LogP contribution >= 0.6 is 0 Å². The SMILES string of the molecule is C=COc1cc(C(C)CC)cc(O)c1C1C=C(C)CCC1.CC. The lowest BCUT2D eigenvalue weighted by Gasteiger charge is -2.24. The molecule has 128 valence electrons. The fraction of sp³-hybridized carbons (Fsp3) is 0.524. The van der Waals surface area contributed by atoms with E-state index in [9.17, 15) is 5.11 Å². The third kappa shape index (κ3) is 4.89. The van der Waals surface area contributed by atoms with Crippen molar-refractivity contribution >= 4 is 0 Å². The van der Waals surface area contributed by atoms with Gasteiger partial charge in [-0.05, 0) is 56.2 Å². The number of hydrogen-bond acceptors (Lipinski definition) is 2. The summed E-state index contributed by atoms with van der Waals surface area (Å²) in [6.45, 7) is 14.1. The van der Waals surface area contributed by atoms with E-state index < -0.39 is 0 Å². The van der Waals surface area contributed by atoms with Crippen molar-refractivity contribution in [1.82, 2.24) is 0 Å². The van der Waals surface area contributed by atoms with Crippen molar-refractivity contribution in [2.24, 2.45) is 0 Å². The first-order valence-electron chi connectivity index (χ1n) is 8.88. The molecule has 1 aliphatic carbocycles. The van der Waals surface area contributed by atoms with Crippen molar-refractivity contribution in [3.8, 4) is 11.5 Å². The molecular formula is C21H32O2. The molecule has 0 heterocycles. The average Bonchev–Trinajstić information content (AvgIpc) is 2.56. The molecule has 2 nitrogen and oxygen atoms in total. The molecule has 0 spiro atoms. The van der Waals surface area contributed by atoms with Gasteiger partial charge in [-0.25, -0.2) is 0 Å². The van der Waals surface area contributed by atoms with E-state index in [-0.39, 0.29) is 5.92 Å². The minimum atomic E-state index is 0.236. The van der Waals surface area contributed by atoms with Crippen LogP contribution < -0.4 is 4.74 Å². The quantitative estimate of drug-likeness (QED) is 0.485. The highest BCUT2D eigenvalue weighted by atomic mass is 16.5. The number of ether oxygens (including phenoxy) is 1. The summed E-state index contributed by atoms with van der Waals surface area (Å²) in [6.07, 6.45) is 8.11. The summed E-state index contributed by atoms with van der Waals surface area (Å²) in [6, 6.07) is 3.96. The van der Waals surface area contributed by atoms with Crippen LogP contribution in [-0.4, -0.2) is 5.11 Å². The van der Waals surface area contributed by atoms with Crippen molar-refractivity contribution in [3.63, 3.8) is 0 Å². The second-order valence-corrected chi connectivity index (χ2v) is 6.06. The fourth-order valence-electron chi connectivity index (χ4n) is 3.05. The Hall–Kier alpha value is -1.70. The fourth-order valence-corrected chi connectivity index (χ4v) is 3.05. The zero-order chi connectivity index (χ0) is 17.4. The molecule has 1 N–H and O–H groups in total. The summed E-state index contributed by atoms with van der Waals surface area (Å²) in [4.78, 5) is 0. The molecule has 1 aliphatic rings. The van der Waals surface area contributed by atoms with E-state index in [2.05, 4.69) is 39.5 Å². The Morgan fingerprint density at radius 1 is 1.39 bits per heavy atom. The van der Waals surface area contributed by atoms with Crippen LogP contribution in [0, 0.1) is 0 Å². The minimum absolute atomic E-state index is 0.236. The van der Waals surface area contributed by atoms with Gasteiger partial charge in [0, 0.05) is 11.5 Å². The maximum atomic E-state index is 10.5. The van der Waals surface area contributed by atoms with Crippen molar-refractivity contribution < 1.29 is 9.84 Å². The molecule has 0 saturated carbocycles. The molecule has 1 aromatic carbocycles. The molecular weight excluding hydrogens is 284 g/mol. The summed E-state index contributed by atoms with van der Waals surface area (Å²) in [5, 5.41) is 10.5. The number of allylic oxidation sites excluding steroid dienone is 2. The number of aromatic hydroxyl groups is 1. The molecule has 23 heavy (non-hydrogen) atoms. The maximum absolute atomic E-state index is 10.5. The molecule has 0 bridgehead atoms. The molecule has 2 atom stereocenters. The van der Waals surface area contributed by atoms with Gasteiger partial charge >= 0.3 is 0 Å². The lowest BCUT2D eigenvalue weighted by Crippen LogP contribution is -2.05.